The Morgan fingerprint density at radius 1 is 1.22 bits per heavy atom. The van der Waals surface area contributed by atoms with Crippen LogP contribution in [0.2, 0.25) is 0 Å². The van der Waals surface area contributed by atoms with Crippen LogP contribution in [0.1, 0.15) is 27.0 Å². The summed E-state index contributed by atoms with van der Waals surface area (Å²) in [6.07, 6.45) is -0.283. The van der Waals surface area contributed by atoms with E-state index in [1.165, 1.54) is 30.4 Å². The molecule has 4 nitrogen and oxygen atoms in total. The highest BCUT2D eigenvalue weighted by Gasteiger charge is 2.19. The Morgan fingerprint density at radius 2 is 1.91 bits per heavy atom. The van der Waals surface area contributed by atoms with Crippen LogP contribution in [-0.4, -0.2) is 24.5 Å². The van der Waals surface area contributed by atoms with E-state index in [-0.39, 0.29) is 11.7 Å². The summed E-state index contributed by atoms with van der Waals surface area (Å²) in [6, 6.07) is 9.61. The molecule has 0 aliphatic heterocycles. The van der Waals surface area contributed by atoms with Crippen LogP contribution >= 0.6 is 11.3 Å². The summed E-state index contributed by atoms with van der Waals surface area (Å²) in [7, 11) is 0. The number of thiophene rings is 1. The summed E-state index contributed by atoms with van der Waals surface area (Å²) in [5.74, 6) is -1.14. The molecule has 0 unspecified atom stereocenters. The van der Waals surface area contributed by atoms with Crippen molar-refractivity contribution in [3.63, 3.8) is 0 Å². The number of hydrogen-bond donors (Lipinski definition) is 1. The first-order valence-corrected chi connectivity index (χ1v) is 8.07. The molecule has 0 aliphatic carbocycles. The first-order chi connectivity index (χ1) is 11.0. The van der Waals surface area contributed by atoms with Gasteiger partial charge < -0.3 is 10.1 Å². The number of benzene rings is 1. The van der Waals surface area contributed by atoms with Crippen molar-refractivity contribution in [2.45, 2.75) is 26.4 Å². The van der Waals surface area contributed by atoms with Gasteiger partial charge >= 0.3 is 5.97 Å². The van der Waals surface area contributed by atoms with Gasteiger partial charge in [0, 0.05) is 11.4 Å². The van der Waals surface area contributed by atoms with E-state index in [9.17, 15) is 14.0 Å². The molecule has 2 rings (SSSR count). The quantitative estimate of drug-likeness (QED) is 0.825. The molecule has 6 heteroatoms. The van der Waals surface area contributed by atoms with Crippen molar-refractivity contribution in [3.8, 4) is 0 Å². The molecule has 0 aliphatic rings. The minimum absolute atomic E-state index is 0.290. The Labute approximate surface area is 138 Å². The van der Waals surface area contributed by atoms with Crippen molar-refractivity contribution in [1.29, 1.82) is 0 Å². The molecule has 0 saturated heterocycles. The second-order valence-electron chi connectivity index (χ2n) is 5.13. The summed E-state index contributed by atoms with van der Waals surface area (Å²) >= 11 is 1.33. The molecular formula is C17H18FNO3S. The van der Waals surface area contributed by atoms with Gasteiger partial charge in [-0.25, -0.2) is 9.18 Å². The number of halogens is 1. The summed E-state index contributed by atoms with van der Waals surface area (Å²) in [6.45, 7) is 3.82. The smallest absolute Gasteiger partial charge is 0.349 e. The molecule has 0 saturated carbocycles. The fraction of sp³-hybridized carbons (Fsp3) is 0.294. The van der Waals surface area contributed by atoms with Gasteiger partial charge in [-0.05, 0) is 50.1 Å². The SMILES string of the molecule is Cc1ccc(C(=O)O[C@H](C)C(=O)NCCc2ccc(F)cc2)s1. The average Bonchev–Trinajstić information content (AvgIpc) is 2.95. The minimum Gasteiger partial charge on any atom is -0.448 e. The lowest BCUT2D eigenvalue weighted by Crippen LogP contribution is -2.36. The van der Waals surface area contributed by atoms with Gasteiger partial charge in [-0.1, -0.05) is 12.1 Å². The zero-order valence-electron chi connectivity index (χ0n) is 13.0. The van der Waals surface area contributed by atoms with Crippen LogP contribution < -0.4 is 5.32 Å². The molecule has 1 aromatic heterocycles. The predicted molar refractivity (Wildman–Crippen MR) is 87.0 cm³/mol. The van der Waals surface area contributed by atoms with Gasteiger partial charge in [0.2, 0.25) is 0 Å². The van der Waals surface area contributed by atoms with Crippen LogP contribution in [0.5, 0.6) is 0 Å². The largest absolute Gasteiger partial charge is 0.448 e. The summed E-state index contributed by atoms with van der Waals surface area (Å²) in [5, 5.41) is 2.70. The molecule has 1 heterocycles. The Kier molecular flexibility index (Phi) is 5.87. The highest BCUT2D eigenvalue weighted by Crippen LogP contribution is 2.16. The molecular weight excluding hydrogens is 317 g/mol. The first-order valence-electron chi connectivity index (χ1n) is 7.25. The van der Waals surface area contributed by atoms with E-state index in [4.69, 9.17) is 4.74 Å². The third-order valence-electron chi connectivity index (χ3n) is 3.22. The lowest BCUT2D eigenvalue weighted by molar-refractivity contribution is -0.129. The van der Waals surface area contributed by atoms with E-state index in [1.54, 1.807) is 18.2 Å². The Morgan fingerprint density at radius 3 is 2.52 bits per heavy atom. The van der Waals surface area contributed by atoms with Gasteiger partial charge in [-0.2, -0.15) is 0 Å². The topological polar surface area (TPSA) is 55.4 Å². The van der Waals surface area contributed by atoms with Gasteiger partial charge in [0.1, 0.15) is 10.7 Å². The zero-order chi connectivity index (χ0) is 16.8. The van der Waals surface area contributed by atoms with Crippen molar-refractivity contribution in [3.05, 3.63) is 57.5 Å². The number of aryl methyl sites for hydroxylation is 1. The molecule has 1 N–H and O–H groups in total. The molecule has 0 bridgehead atoms. The lowest BCUT2D eigenvalue weighted by Gasteiger charge is -2.13. The second-order valence-corrected chi connectivity index (χ2v) is 6.41. The molecule has 23 heavy (non-hydrogen) atoms. The van der Waals surface area contributed by atoms with Crippen molar-refractivity contribution >= 4 is 23.2 Å². The monoisotopic (exact) mass is 335 g/mol. The maximum atomic E-state index is 12.8. The lowest BCUT2D eigenvalue weighted by atomic mass is 10.1. The Hall–Kier alpha value is -2.21. The van der Waals surface area contributed by atoms with E-state index in [0.29, 0.717) is 17.8 Å². The minimum atomic E-state index is -0.863. The van der Waals surface area contributed by atoms with E-state index in [0.717, 1.165) is 10.4 Å². The second kappa shape index (κ2) is 7.87. The first kappa shape index (κ1) is 17.1. The standard InChI is InChI=1S/C17H18FNO3S/c1-11-3-8-15(23-11)17(21)22-12(2)16(20)19-10-9-13-4-6-14(18)7-5-13/h3-8,12H,9-10H2,1-2H3,(H,19,20)/t12-/m1/s1. The predicted octanol–water partition coefficient (Wildman–Crippen LogP) is 3.10. The summed E-state index contributed by atoms with van der Waals surface area (Å²) < 4.78 is 17.9. The van der Waals surface area contributed by atoms with Gasteiger partial charge in [0.05, 0.1) is 0 Å². The molecule has 0 spiro atoms. The number of nitrogens with one attached hydrogen (secondary N) is 1. The van der Waals surface area contributed by atoms with Crippen molar-refractivity contribution in [1.82, 2.24) is 5.32 Å². The normalized spacial score (nSPS) is 11.8. The van der Waals surface area contributed by atoms with Crippen LogP contribution in [0, 0.1) is 12.7 Å². The number of ether oxygens (including phenoxy) is 1. The number of esters is 1. The van der Waals surface area contributed by atoms with E-state index in [2.05, 4.69) is 5.32 Å². The van der Waals surface area contributed by atoms with Gasteiger partial charge in [0.15, 0.2) is 6.10 Å². The van der Waals surface area contributed by atoms with Crippen molar-refractivity contribution < 1.29 is 18.7 Å². The number of carbonyl (C=O) groups is 2. The third kappa shape index (κ3) is 5.17. The fourth-order valence-corrected chi connectivity index (χ4v) is 2.69. The number of hydrogen-bond acceptors (Lipinski definition) is 4. The highest BCUT2D eigenvalue weighted by molar-refractivity contribution is 7.13. The molecule has 0 radical (unpaired) electrons. The summed E-state index contributed by atoms with van der Waals surface area (Å²) in [5.41, 5.74) is 0.922. The zero-order valence-corrected chi connectivity index (χ0v) is 13.8. The molecule has 1 amide bonds. The van der Waals surface area contributed by atoms with Gasteiger partial charge in [-0.15, -0.1) is 11.3 Å². The van der Waals surface area contributed by atoms with Gasteiger partial charge in [-0.3, -0.25) is 4.79 Å². The molecule has 2 aromatic rings. The Balaban J connectivity index is 1.76. The van der Waals surface area contributed by atoms with E-state index >= 15 is 0 Å². The van der Waals surface area contributed by atoms with Crippen molar-refractivity contribution in [2.75, 3.05) is 6.54 Å². The number of amides is 1. The number of carbonyl (C=O) groups excluding carboxylic acids is 2. The van der Waals surface area contributed by atoms with Crippen LogP contribution in [0.15, 0.2) is 36.4 Å². The highest BCUT2D eigenvalue weighted by atomic mass is 32.1. The molecule has 1 aromatic carbocycles. The van der Waals surface area contributed by atoms with Crippen LogP contribution in [-0.2, 0) is 16.0 Å². The molecule has 0 fully saturated rings. The maximum absolute atomic E-state index is 12.8. The third-order valence-corrected chi connectivity index (χ3v) is 4.20. The van der Waals surface area contributed by atoms with E-state index in [1.807, 2.05) is 13.0 Å². The van der Waals surface area contributed by atoms with Gasteiger partial charge in [0.25, 0.3) is 5.91 Å². The molecule has 122 valence electrons. The fourth-order valence-electron chi connectivity index (χ4n) is 1.94. The van der Waals surface area contributed by atoms with Crippen LogP contribution in [0.4, 0.5) is 4.39 Å². The van der Waals surface area contributed by atoms with Crippen LogP contribution in [0.25, 0.3) is 0 Å². The average molecular weight is 335 g/mol. The Bertz CT molecular complexity index is 681. The number of rotatable bonds is 6. The summed E-state index contributed by atoms with van der Waals surface area (Å²) in [4.78, 5) is 25.3. The van der Waals surface area contributed by atoms with E-state index < -0.39 is 12.1 Å². The van der Waals surface area contributed by atoms with Crippen LogP contribution in [0.3, 0.4) is 0 Å². The molecule has 1 atom stereocenters. The maximum Gasteiger partial charge on any atom is 0.349 e. The van der Waals surface area contributed by atoms with Crippen molar-refractivity contribution in [2.24, 2.45) is 0 Å².